The minimum absolute atomic E-state index is 0.131. The zero-order valence-electron chi connectivity index (χ0n) is 25.9. The van der Waals surface area contributed by atoms with E-state index in [-0.39, 0.29) is 25.0 Å². The van der Waals surface area contributed by atoms with E-state index in [4.69, 9.17) is 9.47 Å². The van der Waals surface area contributed by atoms with Crippen LogP contribution in [0.15, 0.2) is 48.6 Å². The van der Waals surface area contributed by atoms with E-state index in [9.17, 15) is 19.5 Å². The van der Waals surface area contributed by atoms with Crippen molar-refractivity contribution in [3.63, 3.8) is 0 Å². The van der Waals surface area contributed by atoms with Crippen LogP contribution in [0, 0.1) is 11.8 Å². The van der Waals surface area contributed by atoms with E-state index in [2.05, 4.69) is 18.7 Å². The number of carbonyl (C=O) groups is 3. The number of unbranched alkanes of at least 4 members (excludes halogenated alkanes) is 3. The van der Waals surface area contributed by atoms with E-state index in [1.807, 2.05) is 55.5 Å². The summed E-state index contributed by atoms with van der Waals surface area (Å²) in [6, 6.07) is 7.08. The first-order valence-corrected chi connectivity index (χ1v) is 16.2. The van der Waals surface area contributed by atoms with Crippen LogP contribution >= 0.6 is 0 Å². The van der Waals surface area contributed by atoms with Crippen LogP contribution in [0.4, 0.5) is 11.4 Å². The van der Waals surface area contributed by atoms with Gasteiger partial charge in [-0.25, -0.2) is 0 Å². The topological polar surface area (TPSA) is 99.6 Å². The standard InChI is InChI=1S/C34H47N3O6/c1-4-33-19-10-9-13-24-42-32(41)28(33)27-30(39)37(21-11-7-8-12-23-38)29-31(40)36(22-14-20-34(27,29)43-33)26-17-15-25(16-18-26)35(5-2)6-3/h10,14-20,27-29,38H,4-9,11-13,21-24H2,1-3H3/b19-10-/t27-,28-,29?,33+,34-/m0/s1. The van der Waals surface area contributed by atoms with E-state index < -0.39 is 35.0 Å². The zero-order chi connectivity index (χ0) is 30.6. The summed E-state index contributed by atoms with van der Waals surface area (Å²) in [7, 11) is 0. The number of fused-ring (bicyclic) bond motifs is 2. The molecule has 4 aliphatic rings. The molecule has 9 nitrogen and oxygen atoms in total. The van der Waals surface area contributed by atoms with Gasteiger partial charge in [0.1, 0.15) is 23.2 Å². The Balaban J connectivity index is 1.55. The Bertz CT molecular complexity index is 1230. The predicted octanol–water partition coefficient (Wildman–Crippen LogP) is 4.24. The van der Waals surface area contributed by atoms with E-state index in [1.165, 1.54) is 0 Å². The molecule has 0 radical (unpaired) electrons. The fourth-order valence-corrected chi connectivity index (χ4v) is 7.53. The minimum atomic E-state index is -1.29. The Labute approximate surface area is 255 Å². The molecule has 0 bridgehead atoms. The molecule has 0 aromatic heterocycles. The molecule has 9 heteroatoms. The van der Waals surface area contributed by atoms with Gasteiger partial charge in [0.05, 0.1) is 12.5 Å². The largest absolute Gasteiger partial charge is 0.465 e. The lowest BCUT2D eigenvalue weighted by Gasteiger charge is -2.38. The van der Waals surface area contributed by atoms with Gasteiger partial charge in [0.15, 0.2) is 0 Å². The van der Waals surface area contributed by atoms with E-state index in [0.717, 1.165) is 43.7 Å². The Hall–Kier alpha value is -3.17. The summed E-state index contributed by atoms with van der Waals surface area (Å²) in [6.45, 7) is 9.10. The number of likely N-dealkylation sites (tertiary alicyclic amines) is 1. The number of carbonyl (C=O) groups excluding carboxylic acids is 3. The van der Waals surface area contributed by atoms with Crippen LogP contribution in [-0.4, -0.2) is 84.4 Å². The van der Waals surface area contributed by atoms with Crippen molar-refractivity contribution in [3.8, 4) is 0 Å². The molecule has 1 spiro atoms. The first-order valence-electron chi connectivity index (χ1n) is 16.2. The summed E-state index contributed by atoms with van der Waals surface area (Å²) in [5.41, 5.74) is -0.493. The lowest BCUT2D eigenvalue weighted by Crippen LogP contribution is -2.56. The first-order chi connectivity index (χ1) is 20.9. The third kappa shape index (κ3) is 5.50. The molecule has 1 aromatic rings. The number of rotatable bonds is 11. The monoisotopic (exact) mass is 593 g/mol. The number of nitrogens with zero attached hydrogens (tertiary/aromatic N) is 3. The zero-order valence-corrected chi connectivity index (χ0v) is 25.9. The Morgan fingerprint density at radius 2 is 1.67 bits per heavy atom. The van der Waals surface area contributed by atoms with Crippen molar-refractivity contribution in [2.24, 2.45) is 11.8 Å². The fraction of sp³-hybridized carbons (Fsp3) is 0.618. The molecule has 234 valence electrons. The molecule has 5 atom stereocenters. The third-order valence-electron chi connectivity index (χ3n) is 9.73. The highest BCUT2D eigenvalue weighted by atomic mass is 16.6. The van der Waals surface area contributed by atoms with Crippen molar-refractivity contribution >= 4 is 29.2 Å². The van der Waals surface area contributed by atoms with Crippen LogP contribution in [-0.2, 0) is 23.9 Å². The molecular formula is C34H47N3O6. The lowest BCUT2D eigenvalue weighted by atomic mass is 9.73. The number of esters is 1. The van der Waals surface area contributed by atoms with Crippen LogP contribution in [0.3, 0.4) is 0 Å². The summed E-state index contributed by atoms with van der Waals surface area (Å²) >= 11 is 0. The van der Waals surface area contributed by atoms with Crippen LogP contribution in [0.5, 0.6) is 0 Å². The molecule has 5 rings (SSSR count). The number of anilines is 2. The third-order valence-corrected chi connectivity index (χ3v) is 9.73. The van der Waals surface area contributed by atoms with Gasteiger partial charge in [-0.1, -0.05) is 44.1 Å². The number of amides is 2. The Morgan fingerprint density at radius 3 is 2.37 bits per heavy atom. The number of hydrogen-bond acceptors (Lipinski definition) is 7. The van der Waals surface area contributed by atoms with Crippen molar-refractivity contribution < 1.29 is 29.0 Å². The van der Waals surface area contributed by atoms with E-state index in [1.54, 1.807) is 9.80 Å². The minimum Gasteiger partial charge on any atom is -0.465 e. The SMILES string of the molecule is CCN(CC)c1ccc(N2CC=C[C@]34O[C@]5(CC)/C=C\CCCOC(=O)[C@@H]5[C@H]3C(=O)N(CCCCCCO)C4C2=O)cc1. The van der Waals surface area contributed by atoms with Crippen LogP contribution in [0.1, 0.15) is 65.7 Å². The highest BCUT2D eigenvalue weighted by molar-refractivity contribution is 6.05. The first kappa shape index (κ1) is 31.3. The number of benzene rings is 1. The maximum Gasteiger partial charge on any atom is 0.313 e. The summed E-state index contributed by atoms with van der Waals surface area (Å²) in [4.78, 5) is 48.5. The lowest BCUT2D eigenvalue weighted by molar-refractivity contribution is -0.159. The van der Waals surface area contributed by atoms with Gasteiger partial charge in [0.2, 0.25) is 5.91 Å². The summed E-state index contributed by atoms with van der Waals surface area (Å²) in [6.07, 6.45) is 12.8. The number of cyclic esters (lactones) is 1. The molecule has 0 aliphatic carbocycles. The molecule has 1 unspecified atom stereocenters. The van der Waals surface area contributed by atoms with Gasteiger partial charge >= 0.3 is 5.97 Å². The molecule has 1 N–H and O–H groups in total. The van der Waals surface area contributed by atoms with Gasteiger partial charge in [-0.15, -0.1) is 0 Å². The van der Waals surface area contributed by atoms with Crippen molar-refractivity contribution in [3.05, 3.63) is 48.6 Å². The molecule has 2 fully saturated rings. The van der Waals surface area contributed by atoms with Crippen LogP contribution < -0.4 is 9.80 Å². The molecule has 43 heavy (non-hydrogen) atoms. The second-order valence-electron chi connectivity index (χ2n) is 12.0. The smallest absolute Gasteiger partial charge is 0.313 e. The molecule has 4 aliphatic heterocycles. The van der Waals surface area contributed by atoms with Gasteiger partial charge < -0.3 is 29.3 Å². The van der Waals surface area contributed by atoms with Gasteiger partial charge in [-0.05, 0) is 70.2 Å². The van der Waals surface area contributed by atoms with E-state index >= 15 is 0 Å². The molecule has 2 amide bonds. The molecule has 1 aromatic carbocycles. The van der Waals surface area contributed by atoms with Crippen molar-refractivity contribution in [2.45, 2.75) is 83.0 Å². The molecular weight excluding hydrogens is 546 g/mol. The number of aliphatic hydroxyl groups is 1. The average Bonchev–Trinajstić information content (AvgIpc) is 3.39. The molecule has 2 saturated heterocycles. The summed E-state index contributed by atoms with van der Waals surface area (Å²) in [5, 5.41) is 9.22. The number of ether oxygens (including phenoxy) is 2. The second kappa shape index (κ2) is 13.2. The highest BCUT2D eigenvalue weighted by Crippen LogP contribution is 2.58. The molecule has 4 heterocycles. The quantitative estimate of drug-likeness (QED) is 0.233. The van der Waals surface area contributed by atoms with Crippen LogP contribution in [0.25, 0.3) is 0 Å². The predicted molar refractivity (Wildman–Crippen MR) is 166 cm³/mol. The van der Waals surface area contributed by atoms with Gasteiger partial charge in [0, 0.05) is 44.2 Å². The molecule has 0 saturated carbocycles. The van der Waals surface area contributed by atoms with Gasteiger partial charge in [0.25, 0.3) is 5.91 Å². The number of hydrogen-bond donors (Lipinski definition) is 1. The maximum atomic E-state index is 14.7. The van der Waals surface area contributed by atoms with Gasteiger partial charge in [-0.3, -0.25) is 14.4 Å². The summed E-state index contributed by atoms with van der Waals surface area (Å²) in [5.74, 6) is -2.58. The number of allylic oxidation sites excluding steroid dienone is 1. The maximum absolute atomic E-state index is 14.7. The average molecular weight is 594 g/mol. The van der Waals surface area contributed by atoms with Crippen LogP contribution in [0.2, 0.25) is 0 Å². The second-order valence-corrected chi connectivity index (χ2v) is 12.0. The normalized spacial score (nSPS) is 31.0. The Morgan fingerprint density at radius 1 is 0.930 bits per heavy atom. The van der Waals surface area contributed by atoms with Crippen molar-refractivity contribution in [1.82, 2.24) is 4.90 Å². The number of aliphatic hydroxyl groups excluding tert-OH is 1. The van der Waals surface area contributed by atoms with E-state index in [0.29, 0.717) is 38.8 Å². The fourth-order valence-electron chi connectivity index (χ4n) is 7.53. The summed E-state index contributed by atoms with van der Waals surface area (Å²) < 4.78 is 12.7. The highest BCUT2D eigenvalue weighted by Gasteiger charge is 2.75. The van der Waals surface area contributed by atoms with Gasteiger partial charge in [-0.2, -0.15) is 0 Å². The van der Waals surface area contributed by atoms with Crippen molar-refractivity contribution in [1.29, 1.82) is 0 Å². The Kier molecular flexibility index (Phi) is 9.61. The van der Waals surface area contributed by atoms with Crippen molar-refractivity contribution in [2.75, 3.05) is 49.2 Å².